The predicted molar refractivity (Wildman–Crippen MR) is 71.1 cm³/mol. The van der Waals surface area contributed by atoms with E-state index in [1.165, 1.54) is 4.90 Å². The molecule has 0 aromatic carbocycles. The molecule has 0 spiro atoms. The molecule has 7 heteroatoms. The minimum atomic E-state index is -1.76. The summed E-state index contributed by atoms with van der Waals surface area (Å²) in [6, 6.07) is 0. The van der Waals surface area contributed by atoms with Crippen LogP contribution in [0.1, 0.15) is 20.8 Å². The number of hydrogen-bond donors (Lipinski definition) is 1. The Bertz CT molecular complexity index is 396. The van der Waals surface area contributed by atoms with Crippen molar-refractivity contribution in [3.8, 4) is 0 Å². The van der Waals surface area contributed by atoms with Gasteiger partial charge in [0.2, 0.25) is 5.67 Å². The Morgan fingerprint density at radius 2 is 1.60 bits per heavy atom. The number of rotatable bonds is 1. The quantitative estimate of drug-likeness (QED) is 0.757. The van der Waals surface area contributed by atoms with Crippen LogP contribution in [0.2, 0.25) is 0 Å². The lowest BCUT2D eigenvalue weighted by Gasteiger charge is -2.41. The maximum absolute atomic E-state index is 14.0. The molecule has 2 amide bonds. The van der Waals surface area contributed by atoms with Crippen molar-refractivity contribution < 1.29 is 18.7 Å². The lowest BCUT2D eigenvalue weighted by molar-refractivity contribution is -0.149. The summed E-state index contributed by atoms with van der Waals surface area (Å²) in [5, 5.41) is 2.77. The third-order valence-corrected chi connectivity index (χ3v) is 3.41. The molecule has 0 aromatic heterocycles. The maximum Gasteiger partial charge on any atom is 0.410 e. The van der Waals surface area contributed by atoms with Crippen LogP contribution in [-0.4, -0.2) is 72.3 Å². The minimum absolute atomic E-state index is 0.0815. The van der Waals surface area contributed by atoms with Crippen LogP contribution in [0.4, 0.5) is 9.18 Å². The van der Waals surface area contributed by atoms with Crippen molar-refractivity contribution in [3.63, 3.8) is 0 Å². The third-order valence-electron chi connectivity index (χ3n) is 3.41. The van der Waals surface area contributed by atoms with Crippen LogP contribution in [-0.2, 0) is 9.53 Å². The normalized spacial score (nSPS) is 22.2. The van der Waals surface area contributed by atoms with Gasteiger partial charge >= 0.3 is 6.09 Å². The number of amides is 2. The van der Waals surface area contributed by atoms with E-state index >= 15 is 0 Å². The zero-order valence-corrected chi connectivity index (χ0v) is 12.2. The standard InChI is InChI=1S/C13H22FN3O3/c1-12(2,3)20-11(19)17-6-4-16(5-7-17)10(18)13(14)8-15-9-13/h15H,4-9H2,1-3H3. The number of nitrogens with one attached hydrogen (secondary N) is 1. The van der Waals surface area contributed by atoms with Crippen LogP contribution in [0.25, 0.3) is 0 Å². The van der Waals surface area contributed by atoms with Gasteiger partial charge in [0.05, 0.1) is 0 Å². The van der Waals surface area contributed by atoms with Gasteiger partial charge in [0, 0.05) is 39.3 Å². The molecule has 0 aromatic rings. The SMILES string of the molecule is CC(C)(C)OC(=O)N1CCN(C(=O)C2(F)CNC2)CC1. The molecular formula is C13H22FN3O3. The van der Waals surface area contributed by atoms with Crippen molar-refractivity contribution in [1.29, 1.82) is 0 Å². The molecule has 0 saturated carbocycles. The van der Waals surface area contributed by atoms with Gasteiger partial charge in [-0.1, -0.05) is 0 Å². The van der Waals surface area contributed by atoms with Crippen LogP contribution in [0, 0.1) is 0 Å². The second kappa shape index (κ2) is 5.20. The second-order valence-corrected chi connectivity index (χ2v) is 6.33. The smallest absolute Gasteiger partial charge is 0.410 e. The Hall–Kier alpha value is -1.37. The highest BCUT2D eigenvalue weighted by atomic mass is 19.1. The fraction of sp³-hybridized carbons (Fsp3) is 0.846. The van der Waals surface area contributed by atoms with E-state index in [9.17, 15) is 14.0 Å². The van der Waals surface area contributed by atoms with Crippen molar-refractivity contribution in [2.45, 2.75) is 32.0 Å². The molecule has 1 N–H and O–H groups in total. The summed E-state index contributed by atoms with van der Waals surface area (Å²) in [6.45, 7) is 7.04. The maximum atomic E-state index is 14.0. The second-order valence-electron chi connectivity index (χ2n) is 6.33. The highest BCUT2D eigenvalue weighted by molar-refractivity contribution is 5.87. The van der Waals surface area contributed by atoms with E-state index in [0.29, 0.717) is 26.2 Å². The summed E-state index contributed by atoms with van der Waals surface area (Å²) in [5.41, 5.74) is -2.29. The molecule has 0 radical (unpaired) electrons. The fourth-order valence-electron chi connectivity index (χ4n) is 2.20. The molecule has 0 aliphatic carbocycles. The number of ether oxygens (including phenoxy) is 1. The summed E-state index contributed by atoms with van der Waals surface area (Å²) in [5.74, 6) is -0.472. The average molecular weight is 287 g/mol. The van der Waals surface area contributed by atoms with E-state index in [1.807, 2.05) is 0 Å². The number of carbonyl (C=O) groups is 2. The lowest BCUT2D eigenvalue weighted by Crippen LogP contribution is -2.66. The molecule has 0 atom stereocenters. The molecule has 20 heavy (non-hydrogen) atoms. The average Bonchev–Trinajstić information content (AvgIpc) is 2.33. The molecule has 0 unspecified atom stereocenters. The highest BCUT2D eigenvalue weighted by Crippen LogP contribution is 2.21. The van der Waals surface area contributed by atoms with E-state index in [2.05, 4.69) is 5.32 Å². The number of halogens is 1. The van der Waals surface area contributed by atoms with Gasteiger partial charge in [0.25, 0.3) is 5.91 Å². The van der Waals surface area contributed by atoms with Crippen LogP contribution < -0.4 is 5.32 Å². The number of piperazine rings is 1. The Kier molecular flexibility index (Phi) is 3.90. The monoisotopic (exact) mass is 287 g/mol. The van der Waals surface area contributed by atoms with E-state index in [4.69, 9.17) is 4.74 Å². The molecule has 2 saturated heterocycles. The van der Waals surface area contributed by atoms with Crippen molar-refractivity contribution in [2.75, 3.05) is 39.3 Å². The van der Waals surface area contributed by atoms with Gasteiger partial charge < -0.3 is 19.9 Å². The van der Waals surface area contributed by atoms with Gasteiger partial charge in [-0.15, -0.1) is 0 Å². The Balaban J connectivity index is 1.83. The van der Waals surface area contributed by atoms with E-state index in [1.54, 1.807) is 25.7 Å². The van der Waals surface area contributed by atoms with E-state index in [-0.39, 0.29) is 19.2 Å². The number of carbonyl (C=O) groups excluding carboxylic acids is 2. The topological polar surface area (TPSA) is 61.9 Å². The van der Waals surface area contributed by atoms with E-state index in [0.717, 1.165) is 0 Å². The summed E-state index contributed by atoms with van der Waals surface area (Å²) >= 11 is 0. The summed E-state index contributed by atoms with van der Waals surface area (Å²) in [4.78, 5) is 26.9. The molecule has 2 rings (SSSR count). The zero-order valence-electron chi connectivity index (χ0n) is 12.2. The molecule has 2 fully saturated rings. The van der Waals surface area contributed by atoms with Crippen LogP contribution >= 0.6 is 0 Å². The molecule has 114 valence electrons. The van der Waals surface area contributed by atoms with Crippen molar-refractivity contribution in [3.05, 3.63) is 0 Å². The van der Waals surface area contributed by atoms with Crippen molar-refractivity contribution >= 4 is 12.0 Å². The molecule has 2 heterocycles. The van der Waals surface area contributed by atoms with Crippen molar-refractivity contribution in [2.24, 2.45) is 0 Å². The zero-order chi connectivity index (χ0) is 15.0. The fourth-order valence-corrected chi connectivity index (χ4v) is 2.20. The predicted octanol–water partition coefficient (Wildman–Crippen LogP) is 0.377. The van der Waals surface area contributed by atoms with Crippen LogP contribution in [0.15, 0.2) is 0 Å². The molecule has 6 nitrogen and oxygen atoms in total. The van der Waals surface area contributed by atoms with Gasteiger partial charge in [-0.05, 0) is 20.8 Å². The van der Waals surface area contributed by atoms with Gasteiger partial charge in [0.1, 0.15) is 5.60 Å². The van der Waals surface area contributed by atoms with Gasteiger partial charge in [-0.2, -0.15) is 0 Å². The van der Waals surface area contributed by atoms with Crippen LogP contribution in [0.3, 0.4) is 0 Å². The first-order chi connectivity index (χ1) is 9.21. The van der Waals surface area contributed by atoms with Crippen molar-refractivity contribution in [1.82, 2.24) is 15.1 Å². The minimum Gasteiger partial charge on any atom is -0.444 e. The highest BCUT2D eigenvalue weighted by Gasteiger charge is 2.47. The molecule has 2 aliphatic rings. The van der Waals surface area contributed by atoms with Crippen LogP contribution in [0.5, 0.6) is 0 Å². The lowest BCUT2D eigenvalue weighted by atomic mass is 9.97. The number of alkyl halides is 1. The Morgan fingerprint density at radius 1 is 1.10 bits per heavy atom. The Labute approximate surface area is 118 Å². The largest absolute Gasteiger partial charge is 0.444 e. The van der Waals surface area contributed by atoms with Gasteiger partial charge in [0.15, 0.2) is 0 Å². The third kappa shape index (κ3) is 3.20. The first-order valence-corrected chi connectivity index (χ1v) is 6.88. The van der Waals surface area contributed by atoms with E-state index < -0.39 is 17.2 Å². The first-order valence-electron chi connectivity index (χ1n) is 6.88. The summed E-state index contributed by atoms with van der Waals surface area (Å²) < 4.78 is 19.3. The molecular weight excluding hydrogens is 265 g/mol. The summed E-state index contributed by atoms with van der Waals surface area (Å²) in [6.07, 6.45) is -0.384. The Morgan fingerprint density at radius 3 is 2.00 bits per heavy atom. The number of nitrogens with zero attached hydrogens (tertiary/aromatic N) is 2. The number of hydrogen-bond acceptors (Lipinski definition) is 4. The van der Waals surface area contributed by atoms with Gasteiger partial charge in [-0.25, -0.2) is 9.18 Å². The molecule has 2 aliphatic heterocycles. The van der Waals surface area contributed by atoms with Gasteiger partial charge in [-0.3, -0.25) is 4.79 Å². The molecule has 0 bridgehead atoms. The summed E-state index contributed by atoms with van der Waals surface area (Å²) in [7, 11) is 0. The first kappa shape index (κ1) is 15.0.